The molecule has 98 valence electrons. The maximum Gasteiger partial charge on any atom is 0.441 e. The van der Waals surface area contributed by atoms with Gasteiger partial charge in [-0.25, -0.2) is 0 Å². The first-order chi connectivity index (χ1) is 8.49. The molecule has 1 heterocycles. The number of aliphatic hydroxyl groups excluding tert-OH is 1. The maximum absolute atomic E-state index is 12.0. The SMILES string of the molecule is OCc1ccc2ccn(CCSC(F)(F)F)c2c1. The minimum absolute atomic E-state index is 0.0172. The van der Waals surface area contributed by atoms with Crippen molar-refractivity contribution in [3.8, 4) is 0 Å². The molecule has 2 rings (SSSR count). The summed E-state index contributed by atoms with van der Waals surface area (Å²) in [6.45, 7) is 0.223. The van der Waals surface area contributed by atoms with Crippen molar-refractivity contribution in [2.45, 2.75) is 18.7 Å². The number of rotatable bonds is 4. The summed E-state index contributed by atoms with van der Waals surface area (Å²) in [7, 11) is 0. The molecule has 0 bridgehead atoms. The lowest BCUT2D eigenvalue weighted by Gasteiger charge is -2.08. The minimum Gasteiger partial charge on any atom is -0.392 e. The van der Waals surface area contributed by atoms with Gasteiger partial charge in [-0.15, -0.1) is 0 Å². The number of thioether (sulfide) groups is 1. The second-order valence-electron chi connectivity index (χ2n) is 3.85. The Labute approximate surface area is 106 Å². The van der Waals surface area contributed by atoms with E-state index in [0.29, 0.717) is 6.54 Å². The Hall–Kier alpha value is -1.14. The number of fused-ring (bicyclic) bond motifs is 1. The van der Waals surface area contributed by atoms with Gasteiger partial charge in [0, 0.05) is 24.0 Å². The smallest absolute Gasteiger partial charge is 0.392 e. The van der Waals surface area contributed by atoms with Crippen LogP contribution in [0.1, 0.15) is 5.56 Å². The van der Waals surface area contributed by atoms with Crippen LogP contribution in [0.15, 0.2) is 30.5 Å². The third-order valence-electron chi connectivity index (χ3n) is 2.62. The van der Waals surface area contributed by atoms with Crippen LogP contribution in [-0.4, -0.2) is 20.9 Å². The van der Waals surface area contributed by atoms with Gasteiger partial charge in [-0.1, -0.05) is 12.1 Å². The quantitative estimate of drug-likeness (QED) is 0.925. The Morgan fingerprint density at radius 1 is 1.22 bits per heavy atom. The molecule has 0 amide bonds. The van der Waals surface area contributed by atoms with Crippen LogP contribution in [0.3, 0.4) is 0 Å². The van der Waals surface area contributed by atoms with E-state index in [0.717, 1.165) is 16.5 Å². The van der Waals surface area contributed by atoms with Crippen molar-refractivity contribution in [1.29, 1.82) is 0 Å². The van der Waals surface area contributed by atoms with E-state index in [4.69, 9.17) is 5.11 Å². The first-order valence-corrected chi connectivity index (χ1v) is 6.37. The first-order valence-electron chi connectivity index (χ1n) is 5.39. The third kappa shape index (κ3) is 3.20. The van der Waals surface area contributed by atoms with Gasteiger partial charge in [0.05, 0.1) is 6.61 Å². The summed E-state index contributed by atoms with van der Waals surface area (Å²) in [5, 5.41) is 10.0. The van der Waals surface area contributed by atoms with E-state index in [1.165, 1.54) is 0 Å². The first kappa shape index (κ1) is 13.3. The van der Waals surface area contributed by atoms with E-state index in [1.54, 1.807) is 22.9 Å². The average Bonchev–Trinajstić information content (AvgIpc) is 2.70. The second kappa shape index (κ2) is 5.24. The molecule has 0 saturated carbocycles. The highest BCUT2D eigenvalue weighted by molar-refractivity contribution is 8.00. The van der Waals surface area contributed by atoms with Gasteiger partial charge < -0.3 is 9.67 Å². The molecular formula is C12H12F3NOS. The van der Waals surface area contributed by atoms with Crippen LogP contribution in [0.4, 0.5) is 13.2 Å². The Morgan fingerprint density at radius 2 is 2.00 bits per heavy atom. The van der Waals surface area contributed by atoms with Gasteiger partial charge in [-0.3, -0.25) is 0 Å². The van der Waals surface area contributed by atoms with Crippen molar-refractivity contribution >= 4 is 22.7 Å². The highest BCUT2D eigenvalue weighted by atomic mass is 32.2. The number of aryl methyl sites for hydroxylation is 1. The number of nitrogens with zero attached hydrogens (tertiary/aromatic N) is 1. The zero-order chi connectivity index (χ0) is 13.2. The Balaban J connectivity index is 2.13. The molecular weight excluding hydrogens is 263 g/mol. The van der Waals surface area contributed by atoms with Gasteiger partial charge in [0.25, 0.3) is 0 Å². The molecule has 0 spiro atoms. The summed E-state index contributed by atoms with van der Waals surface area (Å²) in [4.78, 5) is 0. The molecule has 0 aliphatic rings. The zero-order valence-corrected chi connectivity index (χ0v) is 10.3. The summed E-state index contributed by atoms with van der Waals surface area (Å²) in [5.41, 5.74) is -2.57. The van der Waals surface area contributed by atoms with Gasteiger partial charge in [0.15, 0.2) is 0 Å². The van der Waals surface area contributed by atoms with Crippen molar-refractivity contribution in [3.63, 3.8) is 0 Å². The Morgan fingerprint density at radius 3 is 2.67 bits per heavy atom. The summed E-state index contributed by atoms with van der Waals surface area (Å²) in [5.74, 6) is -0.0172. The topological polar surface area (TPSA) is 25.2 Å². The molecule has 1 aromatic heterocycles. The molecule has 2 aromatic rings. The fourth-order valence-electron chi connectivity index (χ4n) is 1.78. The highest BCUT2D eigenvalue weighted by Crippen LogP contribution is 2.30. The number of hydrogen-bond acceptors (Lipinski definition) is 2. The summed E-state index contributed by atoms with van der Waals surface area (Å²) < 4.78 is 37.9. The summed E-state index contributed by atoms with van der Waals surface area (Å²) in [6, 6.07) is 7.31. The molecule has 1 aromatic carbocycles. The molecule has 0 unspecified atom stereocenters. The molecule has 1 N–H and O–H groups in total. The molecule has 0 aliphatic heterocycles. The van der Waals surface area contributed by atoms with Crippen molar-refractivity contribution < 1.29 is 18.3 Å². The van der Waals surface area contributed by atoms with Gasteiger partial charge in [-0.2, -0.15) is 13.2 Å². The number of aromatic nitrogens is 1. The van der Waals surface area contributed by atoms with E-state index in [9.17, 15) is 13.2 Å². The lowest BCUT2D eigenvalue weighted by molar-refractivity contribution is -0.0328. The highest BCUT2D eigenvalue weighted by Gasteiger charge is 2.27. The monoisotopic (exact) mass is 275 g/mol. The van der Waals surface area contributed by atoms with E-state index >= 15 is 0 Å². The van der Waals surface area contributed by atoms with E-state index in [2.05, 4.69) is 0 Å². The van der Waals surface area contributed by atoms with Crippen molar-refractivity contribution in [2.24, 2.45) is 0 Å². The van der Waals surface area contributed by atoms with Crippen LogP contribution in [0, 0.1) is 0 Å². The number of benzene rings is 1. The van der Waals surface area contributed by atoms with Gasteiger partial charge in [-0.05, 0) is 34.8 Å². The van der Waals surface area contributed by atoms with Crippen LogP contribution in [0.2, 0.25) is 0 Å². The second-order valence-corrected chi connectivity index (χ2v) is 5.01. The molecule has 0 aliphatic carbocycles. The Kier molecular flexibility index (Phi) is 3.87. The van der Waals surface area contributed by atoms with E-state index in [1.807, 2.05) is 12.1 Å². The number of halogens is 3. The largest absolute Gasteiger partial charge is 0.441 e. The molecule has 0 saturated heterocycles. The molecule has 0 fully saturated rings. The number of hydrogen-bond donors (Lipinski definition) is 1. The maximum atomic E-state index is 12.0. The fourth-order valence-corrected chi connectivity index (χ4v) is 2.30. The van der Waals surface area contributed by atoms with E-state index < -0.39 is 5.51 Å². The van der Waals surface area contributed by atoms with Crippen LogP contribution in [-0.2, 0) is 13.2 Å². The van der Waals surface area contributed by atoms with Gasteiger partial charge >= 0.3 is 5.51 Å². The summed E-state index contributed by atoms with van der Waals surface area (Å²) in [6.07, 6.45) is 1.77. The van der Waals surface area contributed by atoms with Crippen LogP contribution < -0.4 is 0 Å². The lowest BCUT2D eigenvalue weighted by atomic mass is 10.2. The predicted molar refractivity (Wildman–Crippen MR) is 66.4 cm³/mol. The van der Waals surface area contributed by atoms with Crippen molar-refractivity contribution in [1.82, 2.24) is 4.57 Å². The summed E-state index contributed by atoms with van der Waals surface area (Å²) >= 11 is -0.0199. The van der Waals surface area contributed by atoms with Crippen molar-refractivity contribution in [3.05, 3.63) is 36.0 Å². The number of alkyl halides is 3. The molecule has 6 heteroatoms. The standard InChI is InChI=1S/C12H12F3NOS/c13-12(14,15)18-6-5-16-4-3-10-2-1-9(8-17)7-11(10)16/h1-4,7,17H,5-6,8H2. The van der Waals surface area contributed by atoms with Gasteiger partial charge in [0.2, 0.25) is 0 Å². The number of aliphatic hydroxyl groups is 1. The Bertz CT molecular complexity index is 536. The zero-order valence-electron chi connectivity index (χ0n) is 9.44. The molecule has 0 atom stereocenters. The van der Waals surface area contributed by atoms with Crippen LogP contribution in [0.5, 0.6) is 0 Å². The molecule has 2 nitrogen and oxygen atoms in total. The van der Waals surface area contributed by atoms with Crippen LogP contribution >= 0.6 is 11.8 Å². The fraction of sp³-hybridized carbons (Fsp3) is 0.333. The molecule has 18 heavy (non-hydrogen) atoms. The third-order valence-corrected chi connectivity index (χ3v) is 3.33. The molecule has 0 radical (unpaired) electrons. The average molecular weight is 275 g/mol. The predicted octanol–water partition coefficient (Wildman–Crippen LogP) is 3.39. The van der Waals surface area contributed by atoms with Crippen molar-refractivity contribution in [2.75, 3.05) is 5.75 Å². The normalized spacial score (nSPS) is 12.2. The van der Waals surface area contributed by atoms with Crippen LogP contribution in [0.25, 0.3) is 10.9 Å². The lowest BCUT2D eigenvalue weighted by Crippen LogP contribution is -2.06. The van der Waals surface area contributed by atoms with E-state index in [-0.39, 0.29) is 24.1 Å². The minimum atomic E-state index is -4.18. The van der Waals surface area contributed by atoms with Gasteiger partial charge in [0.1, 0.15) is 0 Å².